The lowest BCUT2D eigenvalue weighted by Gasteiger charge is -2.31. The summed E-state index contributed by atoms with van der Waals surface area (Å²) in [5, 5.41) is 4.76. The molecule has 1 aliphatic heterocycles. The van der Waals surface area contributed by atoms with E-state index in [1.165, 1.54) is 0 Å². The molecule has 1 saturated heterocycles. The minimum absolute atomic E-state index is 0.0439. The second-order valence-electron chi connectivity index (χ2n) is 8.15. The van der Waals surface area contributed by atoms with Gasteiger partial charge in [-0.25, -0.2) is 9.97 Å². The maximum atomic E-state index is 13.3. The Morgan fingerprint density at radius 3 is 2.75 bits per heavy atom. The van der Waals surface area contributed by atoms with Crippen LogP contribution in [0.25, 0.3) is 11.0 Å². The number of aromatic amines is 1. The average Bonchev–Trinajstić information content (AvgIpc) is 3.40. The molecule has 0 spiro atoms. The number of carbonyl (C=O) groups excluding carboxylic acids is 1. The smallest absolute Gasteiger partial charge is 0.256 e. The van der Waals surface area contributed by atoms with Gasteiger partial charge in [0.2, 0.25) is 0 Å². The highest BCUT2D eigenvalue weighted by molar-refractivity contribution is 7.98. The number of thioether (sulfide) groups is 1. The molecule has 1 aliphatic rings. The summed E-state index contributed by atoms with van der Waals surface area (Å²) in [6.07, 6.45) is 3.53. The second-order valence-corrected chi connectivity index (χ2v) is 9.12. The Balaban J connectivity index is 1.26. The molecule has 7 nitrogen and oxygen atoms in total. The fourth-order valence-electron chi connectivity index (χ4n) is 4.21. The molecule has 1 amide bonds. The van der Waals surface area contributed by atoms with Gasteiger partial charge in [-0.15, -0.1) is 11.8 Å². The van der Waals surface area contributed by atoms with Gasteiger partial charge in [-0.1, -0.05) is 17.3 Å². The van der Waals surface area contributed by atoms with Crippen LogP contribution in [0.4, 0.5) is 0 Å². The van der Waals surface area contributed by atoms with Crippen LogP contribution in [0.3, 0.4) is 0 Å². The second kappa shape index (κ2) is 8.78. The van der Waals surface area contributed by atoms with Gasteiger partial charge in [0.05, 0.1) is 22.3 Å². The molecule has 8 heteroatoms. The van der Waals surface area contributed by atoms with Gasteiger partial charge in [0, 0.05) is 36.5 Å². The zero-order valence-electron chi connectivity index (χ0n) is 18.2. The number of para-hydroxylation sites is 2. The molecule has 0 aliphatic carbocycles. The molecule has 0 atom stereocenters. The van der Waals surface area contributed by atoms with Crippen molar-refractivity contribution >= 4 is 28.7 Å². The van der Waals surface area contributed by atoms with E-state index in [1.807, 2.05) is 49.1 Å². The van der Waals surface area contributed by atoms with Crippen molar-refractivity contribution in [3.63, 3.8) is 0 Å². The molecule has 0 bridgehead atoms. The number of nitrogens with zero attached hydrogens (tertiary/aromatic N) is 4. The maximum Gasteiger partial charge on any atom is 0.256 e. The molecule has 32 heavy (non-hydrogen) atoms. The summed E-state index contributed by atoms with van der Waals surface area (Å²) in [5.41, 5.74) is 4.66. The minimum atomic E-state index is 0.0439. The first-order chi connectivity index (χ1) is 15.6. The quantitative estimate of drug-likeness (QED) is 0.439. The van der Waals surface area contributed by atoms with Crippen LogP contribution >= 0.6 is 11.8 Å². The number of nitrogens with one attached hydrogen (secondary N) is 1. The van der Waals surface area contributed by atoms with Gasteiger partial charge in [-0.05, 0) is 51.0 Å². The highest BCUT2D eigenvalue weighted by Crippen LogP contribution is 2.31. The molecule has 0 radical (unpaired) electrons. The summed E-state index contributed by atoms with van der Waals surface area (Å²) < 4.78 is 5.26. The van der Waals surface area contributed by atoms with Crippen LogP contribution in [-0.2, 0) is 5.75 Å². The Kier molecular flexibility index (Phi) is 5.70. The Morgan fingerprint density at radius 1 is 1.19 bits per heavy atom. The number of H-pyrrole nitrogens is 1. The fraction of sp³-hybridized carbons (Fsp3) is 0.333. The molecule has 0 saturated carbocycles. The molecule has 4 heterocycles. The zero-order valence-corrected chi connectivity index (χ0v) is 19.0. The third-order valence-corrected chi connectivity index (χ3v) is 7.14. The van der Waals surface area contributed by atoms with E-state index in [-0.39, 0.29) is 5.91 Å². The number of likely N-dealkylation sites (tertiary alicyclic amines) is 1. The largest absolute Gasteiger partial charge is 0.361 e. The van der Waals surface area contributed by atoms with Gasteiger partial charge in [-0.2, -0.15) is 0 Å². The summed E-state index contributed by atoms with van der Waals surface area (Å²) in [5.74, 6) is 2.89. The van der Waals surface area contributed by atoms with Crippen molar-refractivity contribution in [1.82, 2.24) is 25.0 Å². The van der Waals surface area contributed by atoms with E-state index in [1.54, 1.807) is 18.0 Å². The van der Waals surface area contributed by atoms with Crippen molar-refractivity contribution in [1.29, 1.82) is 0 Å². The lowest BCUT2D eigenvalue weighted by molar-refractivity contribution is 0.0707. The molecule has 1 fully saturated rings. The van der Waals surface area contributed by atoms with Crippen LogP contribution in [0.15, 0.2) is 52.1 Å². The molecule has 5 rings (SSSR count). The maximum absolute atomic E-state index is 13.3. The molecule has 3 aromatic heterocycles. The van der Waals surface area contributed by atoms with Crippen molar-refractivity contribution in [3.05, 3.63) is 71.0 Å². The van der Waals surface area contributed by atoms with Gasteiger partial charge in [0.15, 0.2) is 0 Å². The number of imidazole rings is 1. The van der Waals surface area contributed by atoms with E-state index < -0.39 is 0 Å². The van der Waals surface area contributed by atoms with Crippen molar-refractivity contribution < 1.29 is 9.32 Å². The number of hydrogen-bond donors (Lipinski definition) is 1. The Labute approximate surface area is 190 Å². The van der Waals surface area contributed by atoms with Crippen LogP contribution < -0.4 is 0 Å². The monoisotopic (exact) mass is 447 g/mol. The van der Waals surface area contributed by atoms with Crippen LogP contribution in [0.5, 0.6) is 0 Å². The molecule has 164 valence electrons. The van der Waals surface area contributed by atoms with Crippen molar-refractivity contribution in [2.75, 3.05) is 13.1 Å². The number of aryl methyl sites for hydroxylation is 2. The van der Waals surface area contributed by atoms with Gasteiger partial charge >= 0.3 is 0 Å². The molecular weight excluding hydrogens is 422 g/mol. The first-order valence-corrected chi connectivity index (χ1v) is 11.8. The van der Waals surface area contributed by atoms with E-state index >= 15 is 0 Å². The number of piperidine rings is 1. The van der Waals surface area contributed by atoms with Crippen LogP contribution in [0, 0.1) is 13.8 Å². The Bertz CT molecular complexity index is 1200. The van der Waals surface area contributed by atoms with Crippen LogP contribution in [0.2, 0.25) is 0 Å². The topological polar surface area (TPSA) is 87.9 Å². The summed E-state index contributed by atoms with van der Waals surface area (Å²) >= 11 is 1.55. The van der Waals surface area contributed by atoms with Gasteiger partial charge < -0.3 is 14.4 Å². The number of rotatable bonds is 5. The minimum Gasteiger partial charge on any atom is -0.361 e. The number of aromatic nitrogens is 4. The van der Waals surface area contributed by atoms with Gasteiger partial charge in [0.25, 0.3) is 5.91 Å². The molecular formula is C24H25N5O2S. The van der Waals surface area contributed by atoms with E-state index in [2.05, 4.69) is 21.2 Å². The summed E-state index contributed by atoms with van der Waals surface area (Å²) in [6, 6.07) is 11.8. The number of amides is 1. The normalized spacial score (nSPS) is 14.9. The molecule has 4 aromatic rings. The number of benzene rings is 1. The number of carbonyl (C=O) groups is 1. The first-order valence-electron chi connectivity index (χ1n) is 10.8. The predicted molar refractivity (Wildman–Crippen MR) is 124 cm³/mol. The zero-order chi connectivity index (χ0) is 22.1. The molecule has 1 aromatic carbocycles. The van der Waals surface area contributed by atoms with E-state index in [0.29, 0.717) is 30.3 Å². The summed E-state index contributed by atoms with van der Waals surface area (Å²) in [6.45, 7) is 5.27. The molecule has 0 unspecified atom stereocenters. The highest BCUT2D eigenvalue weighted by atomic mass is 32.2. The third kappa shape index (κ3) is 4.02. The number of hydrogen-bond acceptors (Lipinski definition) is 6. The van der Waals surface area contributed by atoms with Gasteiger partial charge in [-0.3, -0.25) is 4.79 Å². The third-order valence-electron chi connectivity index (χ3n) is 6.11. The average molecular weight is 448 g/mol. The molecule has 1 N–H and O–H groups in total. The van der Waals surface area contributed by atoms with E-state index in [9.17, 15) is 4.79 Å². The Morgan fingerprint density at radius 2 is 2.00 bits per heavy atom. The van der Waals surface area contributed by atoms with E-state index in [4.69, 9.17) is 9.51 Å². The van der Waals surface area contributed by atoms with E-state index in [0.717, 1.165) is 51.7 Å². The summed E-state index contributed by atoms with van der Waals surface area (Å²) in [4.78, 5) is 28.0. The van der Waals surface area contributed by atoms with Crippen LogP contribution in [0.1, 0.15) is 52.0 Å². The van der Waals surface area contributed by atoms with Crippen molar-refractivity contribution in [2.24, 2.45) is 0 Å². The lowest BCUT2D eigenvalue weighted by atomic mass is 9.96. The number of fused-ring (bicyclic) bond motifs is 1. The standard InChI is InChI=1S/C24H25N5O2S/c1-15-19(16(2)31-28-15)14-32-23-18(6-5-11-25-23)24(30)29-12-9-17(10-13-29)22-26-20-7-3-4-8-21(20)27-22/h3-8,11,17H,9-10,12-14H2,1-2H3,(H,26,27). The van der Waals surface area contributed by atoms with Crippen molar-refractivity contribution in [3.8, 4) is 0 Å². The highest BCUT2D eigenvalue weighted by Gasteiger charge is 2.28. The lowest BCUT2D eigenvalue weighted by Crippen LogP contribution is -2.38. The fourth-order valence-corrected chi connectivity index (χ4v) is 5.35. The predicted octanol–water partition coefficient (Wildman–Crippen LogP) is 4.87. The Hall–Kier alpha value is -3.13. The van der Waals surface area contributed by atoms with Crippen LogP contribution in [-0.4, -0.2) is 44.0 Å². The SMILES string of the molecule is Cc1noc(C)c1CSc1ncccc1C(=O)N1CCC(c2nc3ccccc3[nH]2)CC1. The van der Waals surface area contributed by atoms with Crippen molar-refractivity contribution in [2.45, 2.75) is 43.4 Å². The summed E-state index contributed by atoms with van der Waals surface area (Å²) in [7, 11) is 0. The van der Waals surface area contributed by atoms with Gasteiger partial charge in [0.1, 0.15) is 16.6 Å². The first kappa shape index (κ1) is 20.8. The number of pyridine rings is 1.